The molecular formula is C14H24N2OS. The first-order chi connectivity index (χ1) is 8.41. The van der Waals surface area contributed by atoms with Crippen LogP contribution in [0.3, 0.4) is 0 Å². The number of aryl methyl sites for hydroxylation is 1. The van der Waals surface area contributed by atoms with Crippen LogP contribution in [0, 0.1) is 5.92 Å². The first-order valence-electron chi connectivity index (χ1n) is 6.89. The molecule has 2 rings (SSSR count). The maximum absolute atomic E-state index is 10.2. The van der Waals surface area contributed by atoms with E-state index in [1.54, 1.807) is 11.3 Å². The van der Waals surface area contributed by atoms with Crippen molar-refractivity contribution in [2.75, 3.05) is 18.0 Å². The lowest BCUT2D eigenvalue weighted by Gasteiger charge is -2.29. The fourth-order valence-electron chi connectivity index (χ4n) is 2.39. The van der Waals surface area contributed by atoms with Crippen molar-refractivity contribution >= 4 is 16.5 Å². The molecule has 0 radical (unpaired) electrons. The van der Waals surface area contributed by atoms with E-state index in [4.69, 9.17) is 4.98 Å². The van der Waals surface area contributed by atoms with Gasteiger partial charge in [-0.25, -0.2) is 4.98 Å². The summed E-state index contributed by atoms with van der Waals surface area (Å²) in [6, 6.07) is 0. The highest BCUT2D eigenvalue weighted by atomic mass is 32.1. The number of rotatable bonds is 3. The molecule has 1 aromatic rings. The van der Waals surface area contributed by atoms with Gasteiger partial charge in [0.05, 0.1) is 16.2 Å². The lowest BCUT2D eigenvalue weighted by molar-refractivity contribution is 0.0814. The number of aromatic nitrogens is 1. The number of hydrogen-bond donors (Lipinski definition) is 1. The fourth-order valence-corrected chi connectivity index (χ4v) is 3.60. The Morgan fingerprint density at radius 1 is 1.39 bits per heavy atom. The molecule has 4 heteroatoms. The second kappa shape index (κ2) is 5.17. The molecule has 0 spiro atoms. The van der Waals surface area contributed by atoms with Gasteiger partial charge in [-0.3, -0.25) is 0 Å². The van der Waals surface area contributed by atoms with Gasteiger partial charge in [-0.05, 0) is 39.0 Å². The highest BCUT2D eigenvalue weighted by molar-refractivity contribution is 7.15. The minimum absolute atomic E-state index is 0.773. The van der Waals surface area contributed by atoms with Crippen LogP contribution >= 0.6 is 11.3 Å². The smallest absolute Gasteiger partial charge is 0.185 e. The molecule has 1 aliphatic rings. The normalized spacial score (nSPS) is 18.4. The Balaban J connectivity index is 2.22. The molecule has 1 aromatic heterocycles. The zero-order chi connectivity index (χ0) is 13.3. The van der Waals surface area contributed by atoms with Crippen LogP contribution in [0.5, 0.6) is 0 Å². The van der Waals surface area contributed by atoms with E-state index in [-0.39, 0.29) is 0 Å². The van der Waals surface area contributed by atoms with Gasteiger partial charge in [0.2, 0.25) is 0 Å². The van der Waals surface area contributed by atoms with E-state index in [1.807, 2.05) is 13.8 Å². The topological polar surface area (TPSA) is 36.4 Å². The second-order valence-electron chi connectivity index (χ2n) is 5.85. The van der Waals surface area contributed by atoms with E-state index < -0.39 is 5.60 Å². The Morgan fingerprint density at radius 3 is 2.44 bits per heavy atom. The van der Waals surface area contributed by atoms with Crippen LogP contribution in [0.25, 0.3) is 0 Å². The average Bonchev–Trinajstić information content (AvgIpc) is 2.73. The number of hydrogen-bond acceptors (Lipinski definition) is 4. The molecular weight excluding hydrogens is 244 g/mol. The standard InChI is InChI=1S/C14H24N2OS/c1-5-11-12(14(3,4)17)18-13(15-11)16-8-6-10(2)7-9-16/h10,17H,5-9H2,1-4H3. The largest absolute Gasteiger partial charge is 0.385 e. The van der Waals surface area contributed by atoms with Crippen molar-refractivity contribution in [3.63, 3.8) is 0 Å². The third kappa shape index (κ3) is 2.86. The lowest BCUT2D eigenvalue weighted by atomic mass is 10.00. The summed E-state index contributed by atoms with van der Waals surface area (Å²) in [7, 11) is 0. The second-order valence-corrected chi connectivity index (χ2v) is 6.83. The molecule has 18 heavy (non-hydrogen) atoms. The number of nitrogens with zero attached hydrogens (tertiary/aromatic N) is 2. The molecule has 0 unspecified atom stereocenters. The zero-order valence-corrected chi connectivity index (χ0v) is 12.7. The third-order valence-electron chi connectivity index (χ3n) is 3.63. The van der Waals surface area contributed by atoms with Crippen LogP contribution in [0.2, 0.25) is 0 Å². The molecule has 0 aliphatic carbocycles. The number of aliphatic hydroxyl groups is 1. The minimum Gasteiger partial charge on any atom is -0.385 e. The van der Waals surface area contributed by atoms with Crippen LogP contribution in [-0.2, 0) is 12.0 Å². The van der Waals surface area contributed by atoms with Gasteiger partial charge in [0, 0.05) is 13.1 Å². The van der Waals surface area contributed by atoms with E-state index in [0.717, 1.165) is 41.1 Å². The maximum atomic E-state index is 10.2. The van der Waals surface area contributed by atoms with E-state index in [9.17, 15) is 5.11 Å². The first-order valence-corrected chi connectivity index (χ1v) is 7.71. The summed E-state index contributed by atoms with van der Waals surface area (Å²) < 4.78 is 0. The van der Waals surface area contributed by atoms with Gasteiger partial charge < -0.3 is 10.0 Å². The molecule has 0 atom stereocenters. The van der Waals surface area contributed by atoms with Crippen molar-refractivity contribution in [1.29, 1.82) is 0 Å². The van der Waals surface area contributed by atoms with Crippen molar-refractivity contribution in [2.24, 2.45) is 5.92 Å². The fraction of sp³-hybridized carbons (Fsp3) is 0.786. The first kappa shape index (κ1) is 13.8. The van der Waals surface area contributed by atoms with Gasteiger partial charge in [-0.15, -0.1) is 0 Å². The highest BCUT2D eigenvalue weighted by Gasteiger charge is 2.26. The van der Waals surface area contributed by atoms with Crippen LogP contribution in [0.4, 0.5) is 5.13 Å². The summed E-state index contributed by atoms with van der Waals surface area (Å²) in [6.07, 6.45) is 3.39. The van der Waals surface area contributed by atoms with Crippen molar-refractivity contribution in [3.8, 4) is 0 Å². The lowest BCUT2D eigenvalue weighted by Crippen LogP contribution is -2.32. The predicted molar refractivity (Wildman–Crippen MR) is 77.3 cm³/mol. The molecule has 1 saturated heterocycles. The van der Waals surface area contributed by atoms with Crippen LogP contribution in [0.1, 0.15) is 51.1 Å². The molecule has 0 aromatic carbocycles. The number of thiazole rings is 1. The van der Waals surface area contributed by atoms with Gasteiger partial charge in [0.25, 0.3) is 0 Å². The van der Waals surface area contributed by atoms with E-state index in [2.05, 4.69) is 18.7 Å². The third-order valence-corrected chi connectivity index (χ3v) is 5.10. The van der Waals surface area contributed by atoms with Crippen LogP contribution in [-0.4, -0.2) is 23.2 Å². The van der Waals surface area contributed by atoms with Crippen molar-refractivity contribution < 1.29 is 5.11 Å². The van der Waals surface area contributed by atoms with E-state index in [0.29, 0.717) is 0 Å². The Labute approximate surface area is 114 Å². The summed E-state index contributed by atoms with van der Waals surface area (Å²) in [5, 5.41) is 11.3. The zero-order valence-electron chi connectivity index (χ0n) is 11.9. The van der Waals surface area contributed by atoms with Crippen LogP contribution in [0.15, 0.2) is 0 Å². The molecule has 0 bridgehead atoms. The molecule has 1 aliphatic heterocycles. The monoisotopic (exact) mass is 268 g/mol. The molecule has 1 fully saturated rings. The number of anilines is 1. The Kier molecular flexibility index (Phi) is 3.97. The summed E-state index contributed by atoms with van der Waals surface area (Å²) in [5.41, 5.74) is 0.283. The highest BCUT2D eigenvalue weighted by Crippen LogP contribution is 2.35. The molecule has 1 N–H and O–H groups in total. The quantitative estimate of drug-likeness (QED) is 0.914. The summed E-state index contributed by atoms with van der Waals surface area (Å²) in [6.45, 7) is 10.3. The van der Waals surface area contributed by atoms with Gasteiger partial charge >= 0.3 is 0 Å². The summed E-state index contributed by atoms with van der Waals surface area (Å²) in [4.78, 5) is 8.13. The molecule has 0 saturated carbocycles. The van der Waals surface area contributed by atoms with Crippen molar-refractivity contribution in [2.45, 2.75) is 52.6 Å². The maximum Gasteiger partial charge on any atom is 0.185 e. The SMILES string of the molecule is CCc1nc(N2CCC(C)CC2)sc1C(C)(C)O. The van der Waals surface area contributed by atoms with Gasteiger partial charge in [-0.2, -0.15) is 0 Å². The van der Waals surface area contributed by atoms with Gasteiger partial charge in [0.15, 0.2) is 5.13 Å². The summed E-state index contributed by atoms with van der Waals surface area (Å²) in [5.74, 6) is 0.834. The number of piperidine rings is 1. The van der Waals surface area contributed by atoms with Gasteiger partial charge in [-0.1, -0.05) is 25.2 Å². The molecule has 0 amide bonds. The van der Waals surface area contributed by atoms with Crippen molar-refractivity contribution in [1.82, 2.24) is 4.98 Å². The Bertz CT molecular complexity index is 400. The van der Waals surface area contributed by atoms with Crippen LogP contribution < -0.4 is 4.90 Å². The van der Waals surface area contributed by atoms with E-state index in [1.165, 1.54) is 12.8 Å². The predicted octanol–water partition coefficient (Wildman–Crippen LogP) is 3.17. The van der Waals surface area contributed by atoms with Crippen molar-refractivity contribution in [3.05, 3.63) is 10.6 Å². The minimum atomic E-state index is -0.773. The Hall–Kier alpha value is -0.610. The van der Waals surface area contributed by atoms with E-state index >= 15 is 0 Å². The molecule has 2 heterocycles. The Morgan fingerprint density at radius 2 is 2.00 bits per heavy atom. The van der Waals surface area contributed by atoms with Gasteiger partial charge in [0.1, 0.15) is 0 Å². The molecule has 3 nitrogen and oxygen atoms in total. The average molecular weight is 268 g/mol. The summed E-state index contributed by atoms with van der Waals surface area (Å²) >= 11 is 1.66. The molecule has 102 valence electrons.